The summed E-state index contributed by atoms with van der Waals surface area (Å²) in [6.45, 7) is 7.78. The van der Waals surface area contributed by atoms with Gasteiger partial charge in [-0.2, -0.15) is 0 Å². The number of piperidine rings is 1. The predicted molar refractivity (Wildman–Crippen MR) is 79.7 cm³/mol. The van der Waals surface area contributed by atoms with Gasteiger partial charge in [-0.1, -0.05) is 44.5 Å². The average Bonchev–Trinajstić information content (AvgIpc) is 2.37. The van der Waals surface area contributed by atoms with E-state index in [4.69, 9.17) is 11.6 Å². The van der Waals surface area contributed by atoms with E-state index >= 15 is 0 Å². The van der Waals surface area contributed by atoms with E-state index in [1.165, 1.54) is 0 Å². The average molecular weight is 280 g/mol. The highest BCUT2D eigenvalue weighted by molar-refractivity contribution is 6.30. The zero-order chi connectivity index (χ0) is 14.1. The summed E-state index contributed by atoms with van der Waals surface area (Å²) in [5, 5.41) is 4.05. The van der Waals surface area contributed by atoms with Crippen LogP contribution in [0.3, 0.4) is 0 Å². The molecule has 1 aliphatic rings. The molecule has 0 spiro atoms. The zero-order valence-electron chi connectivity index (χ0n) is 11.9. The van der Waals surface area contributed by atoms with Crippen molar-refractivity contribution in [1.82, 2.24) is 5.32 Å². The van der Waals surface area contributed by atoms with Crippen LogP contribution in [0, 0.1) is 5.41 Å². The molecule has 2 nitrogen and oxygen atoms in total. The van der Waals surface area contributed by atoms with Crippen molar-refractivity contribution >= 4 is 17.4 Å². The molecule has 1 saturated heterocycles. The van der Waals surface area contributed by atoms with Gasteiger partial charge in [0.05, 0.1) is 5.41 Å². The van der Waals surface area contributed by atoms with Crippen LogP contribution in [0.5, 0.6) is 0 Å². The second kappa shape index (κ2) is 5.26. The molecule has 0 aromatic heterocycles. The van der Waals surface area contributed by atoms with Gasteiger partial charge in [-0.3, -0.25) is 4.79 Å². The summed E-state index contributed by atoms with van der Waals surface area (Å²) in [4.78, 5) is 13.0. The fourth-order valence-corrected chi connectivity index (χ4v) is 3.19. The van der Waals surface area contributed by atoms with Gasteiger partial charge >= 0.3 is 0 Å². The van der Waals surface area contributed by atoms with E-state index in [0.717, 1.165) is 31.5 Å². The number of rotatable bonds is 2. The molecule has 19 heavy (non-hydrogen) atoms. The number of carbonyl (C=O) groups excluding carboxylic acids is 1. The van der Waals surface area contributed by atoms with Gasteiger partial charge in [0.2, 0.25) is 0 Å². The van der Waals surface area contributed by atoms with E-state index in [-0.39, 0.29) is 10.8 Å². The number of hydrogen-bond donors (Lipinski definition) is 1. The molecule has 1 N–H and O–H groups in total. The van der Waals surface area contributed by atoms with Gasteiger partial charge < -0.3 is 5.32 Å². The van der Waals surface area contributed by atoms with Crippen LogP contribution in [0.2, 0.25) is 5.02 Å². The number of benzene rings is 1. The molecular formula is C16H22ClNO. The zero-order valence-corrected chi connectivity index (χ0v) is 12.7. The van der Waals surface area contributed by atoms with Crippen LogP contribution in [0.25, 0.3) is 0 Å². The highest BCUT2D eigenvalue weighted by Crippen LogP contribution is 2.40. The lowest BCUT2D eigenvalue weighted by atomic mass is 9.64. The number of ketones is 1. The Morgan fingerprint density at radius 3 is 2.42 bits per heavy atom. The van der Waals surface area contributed by atoms with Gasteiger partial charge in [0.1, 0.15) is 5.78 Å². The molecule has 1 heterocycles. The first-order chi connectivity index (χ1) is 8.86. The highest BCUT2D eigenvalue weighted by atomic mass is 35.5. The molecule has 0 bridgehead atoms. The molecule has 1 aromatic rings. The minimum atomic E-state index is -0.381. The molecule has 2 rings (SSSR count). The fraction of sp³-hybridized carbons (Fsp3) is 0.562. The van der Waals surface area contributed by atoms with Crippen molar-refractivity contribution in [3.8, 4) is 0 Å². The van der Waals surface area contributed by atoms with Crippen LogP contribution in [0.1, 0.15) is 39.2 Å². The number of hydrogen-bond acceptors (Lipinski definition) is 2. The number of Topliss-reactive ketones (excluding diaryl/α,β-unsaturated/α-hetero) is 1. The second-order valence-electron chi connectivity index (χ2n) is 6.42. The van der Waals surface area contributed by atoms with Crippen LogP contribution < -0.4 is 5.32 Å². The lowest BCUT2D eigenvalue weighted by Gasteiger charge is -2.41. The maximum Gasteiger partial charge on any atom is 0.148 e. The lowest BCUT2D eigenvalue weighted by Crippen LogP contribution is -2.49. The summed E-state index contributed by atoms with van der Waals surface area (Å²) >= 11 is 6.12. The third-order valence-electron chi connectivity index (χ3n) is 3.95. The number of nitrogens with one attached hydrogen (secondary N) is 1. The maximum atomic E-state index is 13.0. The summed E-state index contributed by atoms with van der Waals surface area (Å²) in [5.74, 6) is 0.323. The fourth-order valence-electron chi connectivity index (χ4n) is 3.00. The predicted octanol–water partition coefficient (Wildman–Crippen LogP) is 3.58. The molecule has 104 valence electrons. The monoisotopic (exact) mass is 279 g/mol. The van der Waals surface area contributed by atoms with E-state index < -0.39 is 0 Å². The van der Waals surface area contributed by atoms with Crippen LogP contribution in [0.4, 0.5) is 0 Å². The van der Waals surface area contributed by atoms with Crippen molar-refractivity contribution in [3.63, 3.8) is 0 Å². The standard InChI is InChI=1S/C16H22ClNO/c1-15(2,3)14(19)16(7-9-18-10-8-16)12-5-4-6-13(17)11-12/h4-6,11,18H,7-10H2,1-3H3. The first-order valence-corrected chi connectivity index (χ1v) is 7.26. The van der Waals surface area contributed by atoms with Gasteiger partial charge in [0.15, 0.2) is 0 Å². The largest absolute Gasteiger partial charge is 0.317 e. The van der Waals surface area contributed by atoms with Crippen molar-refractivity contribution in [1.29, 1.82) is 0 Å². The second-order valence-corrected chi connectivity index (χ2v) is 6.86. The first-order valence-electron chi connectivity index (χ1n) is 6.88. The van der Waals surface area contributed by atoms with E-state index in [1.807, 2.05) is 45.0 Å². The first kappa shape index (κ1) is 14.5. The molecule has 3 heteroatoms. The number of halogens is 1. The Labute approximate surface area is 120 Å². The van der Waals surface area contributed by atoms with Crippen LogP contribution in [0.15, 0.2) is 24.3 Å². The third kappa shape index (κ3) is 2.85. The summed E-state index contributed by atoms with van der Waals surface area (Å²) < 4.78 is 0. The van der Waals surface area contributed by atoms with E-state index in [2.05, 4.69) is 5.32 Å². The maximum absolute atomic E-state index is 13.0. The Morgan fingerprint density at radius 1 is 1.26 bits per heavy atom. The topological polar surface area (TPSA) is 29.1 Å². The van der Waals surface area contributed by atoms with Crippen molar-refractivity contribution in [2.24, 2.45) is 5.41 Å². The summed E-state index contributed by atoms with van der Waals surface area (Å²) in [7, 11) is 0. The summed E-state index contributed by atoms with van der Waals surface area (Å²) in [6.07, 6.45) is 1.70. The van der Waals surface area contributed by atoms with E-state index in [9.17, 15) is 4.79 Å². The third-order valence-corrected chi connectivity index (χ3v) is 4.19. The van der Waals surface area contributed by atoms with E-state index in [0.29, 0.717) is 10.8 Å². The molecular weight excluding hydrogens is 258 g/mol. The Hall–Kier alpha value is -0.860. The van der Waals surface area contributed by atoms with Gasteiger partial charge in [-0.05, 0) is 43.6 Å². The highest BCUT2D eigenvalue weighted by Gasteiger charge is 2.45. The minimum absolute atomic E-state index is 0.323. The van der Waals surface area contributed by atoms with Crippen LogP contribution in [-0.4, -0.2) is 18.9 Å². The number of carbonyl (C=O) groups is 1. The molecule has 0 aliphatic carbocycles. The van der Waals surface area contributed by atoms with Gasteiger partial charge in [0, 0.05) is 10.4 Å². The molecule has 0 radical (unpaired) electrons. The van der Waals surface area contributed by atoms with Crippen LogP contribution in [-0.2, 0) is 10.2 Å². The van der Waals surface area contributed by atoms with Gasteiger partial charge in [-0.15, -0.1) is 0 Å². The lowest BCUT2D eigenvalue weighted by molar-refractivity contribution is -0.133. The SMILES string of the molecule is CC(C)(C)C(=O)C1(c2cccc(Cl)c2)CCNCC1. The minimum Gasteiger partial charge on any atom is -0.317 e. The Balaban J connectivity index is 2.49. The van der Waals surface area contributed by atoms with Crippen molar-refractivity contribution < 1.29 is 4.79 Å². The molecule has 1 aliphatic heterocycles. The Morgan fingerprint density at radius 2 is 1.89 bits per heavy atom. The van der Waals surface area contributed by atoms with E-state index in [1.54, 1.807) is 0 Å². The van der Waals surface area contributed by atoms with Crippen molar-refractivity contribution in [3.05, 3.63) is 34.9 Å². The molecule has 0 amide bonds. The van der Waals surface area contributed by atoms with Gasteiger partial charge in [0.25, 0.3) is 0 Å². The molecule has 0 unspecified atom stereocenters. The molecule has 1 fully saturated rings. The van der Waals surface area contributed by atoms with Crippen molar-refractivity contribution in [2.75, 3.05) is 13.1 Å². The molecule has 1 aromatic carbocycles. The Kier molecular flexibility index (Phi) is 4.03. The summed E-state index contributed by atoms with van der Waals surface area (Å²) in [5.41, 5.74) is 0.357. The van der Waals surface area contributed by atoms with Crippen LogP contribution >= 0.6 is 11.6 Å². The molecule has 0 saturated carbocycles. The van der Waals surface area contributed by atoms with Gasteiger partial charge in [-0.25, -0.2) is 0 Å². The quantitative estimate of drug-likeness (QED) is 0.897. The Bertz CT molecular complexity index is 470. The summed E-state index contributed by atoms with van der Waals surface area (Å²) in [6, 6.07) is 7.80. The smallest absolute Gasteiger partial charge is 0.148 e. The van der Waals surface area contributed by atoms with Crippen molar-refractivity contribution in [2.45, 2.75) is 39.0 Å². The molecule has 0 atom stereocenters. The normalized spacial score (nSPS) is 19.2.